The van der Waals surface area contributed by atoms with Crippen LogP contribution in [0.1, 0.15) is 12.2 Å². The monoisotopic (exact) mass is 434 g/mol. The molecular formula is C20H26N4O5S. The summed E-state index contributed by atoms with van der Waals surface area (Å²) in [5.74, 6) is 1.63. The van der Waals surface area contributed by atoms with Crippen LogP contribution in [0.15, 0.2) is 22.8 Å². The molecule has 9 nitrogen and oxygen atoms in total. The molecule has 0 bridgehead atoms. The first-order chi connectivity index (χ1) is 14.6. The molecule has 5 heterocycles. The molecule has 30 heavy (non-hydrogen) atoms. The van der Waals surface area contributed by atoms with Crippen LogP contribution in [0.4, 0.5) is 4.79 Å². The van der Waals surface area contributed by atoms with Crippen molar-refractivity contribution < 1.29 is 23.5 Å². The third kappa shape index (κ3) is 3.56. The van der Waals surface area contributed by atoms with Gasteiger partial charge in [0.25, 0.3) is 0 Å². The Morgan fingerprint density at radius 1 is 1.00 bits per heavy atom. The number of carbonyl (C=O) groups is 3. The van der Waals surface area contributed by atoms with Crippen LogP contribution in [0, 0.1) is 0 Å². The van der Waals surface area contributed by atoms with E-state index in [1.807, 2.05) is 12.1 Å². The van der Waals surface area contributed by atoms with Crippen molar-refractivity contribution in [1.29, 1.82) is 0 Å². The summed E-state index contributed by atoms with van der Waals surface area (Å²) in [5, 5.41) is 0.209. The first-order valence-electron chi connectivity index (χ1n) is 10.5. The zero-order valence-corrected chi connectivity index (χ0v) is 17.6. The molecule has 4 aliphatic rings. The Morgan fingerprint density at radius 2 is 1.80 bits per heavy atom. The first-order valence-corrected chi connectivity index (χ1v) is 11.5. The molecule has 3 atom stereocenters. The number of hydrogen-bond donors (Lipinski definition) is 0. The Bertz CT molecular complexity index is 812. The number of thioether (sulfide) groups is 1. The molecule has 0 aliphatic carbocycles. The standard InChI is InChI=1S/C20H26N4O5S/c25-18-16-10-15(30-13-14-2-1-7-29-14)11-24(16)19(26)17-12-22(3-4-23(17)18)20(27)21-5-8-28-9-6-21/h1-2,7,15-17H,3-6,8-13H2. The Labute approximate surface area is 179 Å². The van der Waals surface area contributed by atoms with Gasteiger partial charge in [-0.05, 0) is 18.6 Å². The van der Waals surface area contributed by atoms with E-state index in [1.165, 1.54) is 0 Å². The summed E-state index contributed by atoms with van der Waals surface area (Å²) >= 11 is 1.73. The number of furan rings is 1. The first kappa shape index (κ1) is 19.7. The van der Waals surface area contributed by atoms with Crippen LogP contribution in [0.25, 0.3) is 0 Å². The average Bonchev–Trinajstić information content (AvgIpc) is 3.46. The summed E-state index contributed by atoms with van der Waals surface area (Å²) < 4.78 is 10.7. The van der Waals surface area contributed by atoms with E-state index < -0.39 is 6.04 Å². The van der Waals surface area contributed by atoms with Crippen LogP contribution in [-0.4, -0.2) is 107 Å². The van der Waals surface area contributed by atoms with Crippen LogP contribution in [0.3, 0.4) is 0 Å². The maximum absolute atomic E-state index is 13.2. The van der Waals surface area contributed by atoms with Gasteiger partial charge in [-0.25, -0.2) is 4.79 Å². The number of nitrogens with zero attached hydrogens (tertiary/aromatic N) is 4. The van der Waals surface area contributed by atoms with Crippen LogP contribution in [0.2, 0.25) is 0 Å². The van der Waals surface area contributed by atoms with Crippen molar-refractivity contribution in [1.82, 2.24) is 19.6 Å². The van der Waals surface area contributed by atoms with Gasteiger partial charge < -0.3 is 28.8 Å². The Kier molecular flexibility index (Phi) is 5.36. The molecule has 0 spiro atoms. The quantitative estimate of drug-likeness (QED) is 0.687. The summed E-state index contributed by atoms with van der Waals surface area (Å²) in [6.07, 6.45) is 2.33. The predicted octanol–water partition coefficient (Wildman–Crippen LogP) is 0.461. The molecule has 1 aromatic heterocycles. The normalized spacial score (nSPS) is 29.3. The lowest BCUT2D eigenvalue weighted by molar-refractivity contribution is -0.162. The van der Waals surface area contributed by atoms with Crippen molar-refractivity contribution >= 4 is 29.6 Å². The number of rotatable bonds is 3. The molecule has 0 N–H and O–H groups in total. The molecule has 3 unspecified atom stereocenters. The summed E-state index contributed by atoms with van der Waals surface area (Å²) in [7, 11) is 0. The zero-order valence-electron chi connectivity index (χ0n) is 16.8. The lowest BCUT2D eigenvalue weighted by Gasteiger charge is -2.48. The van der Waals surface area contributed by atoms with Crippen molar-refractivity contribution in [3.05, 3.63) is 24.2 Å². The van der Waals surface area contributed by atoms with Crippen molar-refractivity contribution in [3.63, 3.8) is 0 Å². The van der Waals surface area contributed by atoms with Crippen molar-refractivity contribution in [2.75, 3.05) is 52.5 Å². The minimum atomic E-state index is -0.568. The molecule has 5 rings (SSSR count). The highest BCUT2D eigenvalue weighted by Crippen LogP contribution is 2.35. The molecule has 0 aromatic carbocycles. The molecule has 4 fully saturated rings. The van der Waals surface area contributed by atoms with Crippen molar-refractivity contribution in [3.8, 4) is 0 Å². The van der Waals surface area contributed by atoms with Gasteiger partial charge >= 0.3 is 6.03 Å². The van der Waals surface area contributed by atoms with E-state index in [0.29, 0.717) is 52.4 Å². The molecule has 1 aromatic rings. The molecular weight excluding hydrogens is 408 g/mol. The number of amides is 4. The maximum atomic E-state index is 13.2. The van der Waals surface area contributed by atoms with E-state index in [4.69, 9.17) is 9.15 Å². The fourth-order valence-electron chi connectivity index (χ4n) is 4.76. The second-order valence-electron chi connectivity index (χ2n) is 8.13. The summed E-state index contributed by atoms with van der Waals surface area (Å²) in [5.41, 5.74) is 0. The lowest BCUT2D eigenvalue weighted by Crippen LogP contribution is -2.70. The van der Waals surface area contributed by atoms with Gasteiger partial charge in [-0.1, -0.05) is 0 Å². The number of piperazine rings is 2. The molecule has 4 aliphatic heterocycles. The van der Waals surface area contributed by atoms with Gasteiger partial charge in [0.2, 0.25) is 11.8 Å². The third-order valence-corrected chi connectivity index (χ3v) is 7.64. The minimum Gasteiger partial charge on any atom is -0.468 e. The van der Waals surface area contributed by atoms with Crippen LogP contribution >= 0.6 is 11.8 Å². The van der Waals surface area contributed by atoms with E-state index in [0.717, 1.165) is 11.5 Å². The number of carbonyl (C=O) groups excluding carboxylic acids is 3. The number of hydrogen-bond acceptors (Lipinski definition) is 6. The minimum absolute atomic E-state index is 0.0270. The Morgan fingerprint density at radius 3 is 2.57 bits per heavy atom. The molecule has 0 radical (unpaired) electrons. The summed E-state index contributed by atoms with van der Waals surface area (Å²) in [4.78, 5) is 46.1. The predicted molar refractivity (Wildman–Crippen MR) is 109 cm³/mol. The highest BCUT2D eigenvalue weighted by atomic mass is 32.2. The Balaban J connectivity index is 1.24. The van der Waals surface area contributed by atoms with Crippen LogP contribution in [-0.2, 0) is 20.1 Å². The SMILES string of the molecule is O=C(N1CCOCC1)N1CCN2C(=O)C3CC(SCc4ccco4)CN3C(=O)C2C1. The molecule has 162 valence electrons. The smallest absolute Gasteiger partial charge is 0.320 e. The largest absolute Gasteiger partial charge is 0.468 e. The molecule has 4 saturated heterocycles. The number of urea groups is 1. The maximum Gasteiger partial charge on any atom is 0.320 e. The lowest BCUT2D eigenvalue weighted by atomic mass is 10.0. The van der Waals surface area contributed by atoms with Crippen LogP contribution < -0.4 is 0 Å². The third-order valence-electron chi connectivity index (χ3n) is 6.37. The van der Waals surface area contributed by atoms with Gasteiger partial charge in [0.1, 0.15) is 17.8 Å². The van der Waals surface area contributed by atoms with Gasteiger partial charge in [0.15, 0.2) is 0 Å². The number of fused-ring (bicyclic) bond motifs is 2. The highest BCUT2D eigenvalue weighted by molar-refractivity contribution is 7.99. The summed E-state index contributed by atoms with van der Waals surface area (Å²) in [6.45, 7) is 3.95. The van der Waals surface area contributed by atoms with Gasteiger partial charge in [-0.3, -0.25) is 9.59 Å². The Hall–Kier alpha value is -2.20. The average molecular weight is 435 g/mol. The molecule has 4 amide bonds. The second-order valence-corrected chi connectivity index (χ2v) is 9.42. The van der Waals surface area contributed by atoms with E-state index in [9.17, 15) is 14.4 Å². The van der Waals surface area contributed by atoms with Crippen molar-refractivity contribution in [2.45, 2.75) is 29.5 Å². The second kappa shape index (κ2) is 8.14. The number of morpholine rings is 1. The fourth-order valence-corrected chi connectivity index (χ4v) is 5.91. The van der Waals surface area contributed by atoms with Crippen molar-refractivity contribution in [2.24, 2.45) is 0 Å². The van der Waals surface area contributed by atoms with E-state index in [1.54, 1.807) is 37.6 Å². The van der Waals surface area contributed by atoms with E-state index >= 15 is 0 Å². The van der Waals surface area contributed by atoms with Gasteiger partial charge in [-0.15, -0.1) is 11.8 Å². The zero-order chi connectivity index (χ0) is 20.7. The van der Waals surface area contributed by atoms with E-state index in [-0.39, 0.29) is 35.7 Å². The van der Waals surface area contributed by atoms with Gasteiger partial charge in [0, 0.05) is 38.0 Å². The van der Waals surface area contributed by atoms with Gasteiger partial charge in [0.05, 0.1) is 31.8 Å². The van der Waals surface area contributed by atoms with Gasteiger partial charge in [-0.2, -0.15) is 0 Å². The molecule has 10 heteroatoms. The van der Waals surface area contributed by atoms with Crippen LogP contribution in [0.5, 0.6) is 0 Å². The fraction of sp³-hybridized carbons (Fsp3) is 0.650. The summed E-state index contributed by atoms with van der Waals surface area (Å²) in [6, 6.07) is 2.80. The molecule has 0 saturated carbocycles. The van der Waals surface area contributed by atoms with E-state index in [2.05, 4.69) is 0 Å². The topological polar surface area (TPSA) is 86.5 Å². The highest BCUT2D eigenvalue weighted by Gasteiger charge is 2.52. The number of ether oxygens (including phenoxy) is 1.